The fourth-order valence-corrected chi connectivity index (χ4v) is 7.31. The molecule has 15 nitrogen and oxygen atoms in total. The predicted molar refractivity (Wildman–Crippen MR) is 177 cm³/mol. The Balaban J connectivity index is 2.50. The first-order chi connectivity index (χ1) is 22.7. The fraction of sp³-hybridized carbons (Fsp3) is 0.581. The largest absolute Gasteiger partial charge is 0.508 e. The number of phenols is 2. The molecule has 0 radical (unpaired) electrons. The molecule has 2 unspecified atom stereocenters. The van der Waals surface area contributed by atoms with Crippen molar-refractivity contribution in [1.29, 1.82) is 0 Å². The number of Topliss-reactive ketones (excluding diaryl/α,β-unsaturated/α-hetero) is 1. The van der Waals surface area contributed by atoms with Crippen molar-refractivity contribution in [2.45, 2.75) is 63.2 Å². The maximum absolute atomic E-state index is 12.5. The van der Waals surface area contributed by atoms with E-state index in [1.54, 1.807) is 31.4 Å². The van der Waals surface area contributed by atoms with Gasteiger partial charge in [-0.1, -0.05) is 49.2 Å². The number of aliphatic hydroxyl groups excluding tert-OH is 2. The van der Waals surface area contributed by atoms with Crippen LogP contribution in [0.3, 0.4) is 0 Å². The van der Waals surface area contributed by atoms with E-state index in [0.29, 0.717) is 26.1 Å². The molecular formula is C31H50N2O13P2. The first-order valence-corrected chi connectivity index (χ1v) is 19.2. The quantitative estimate of drug-likeness (QED) is 0.0543. The summed E-state index contributed by atoms with van der Waals surface area (Å²) in [6.07, 6.45) is -0.251. The minimum absolute atomic E-state index is 0.0211. The zero-order valence-electron chi connectivity index (χ0n) is 27.2. The molecule has 17 heteroatoms. The number of benzene rings is 2. The molecule has 0 aliphatic heterocycles. The van der Waals surface area contributed by atoms with E-state index in [1.165, 1.54) is 34.1 Å². The smallest absolute Gasteiger partial charge is 0.339 e. The van der Waals surface area contributed by atoms with Gasteiger partial charge in [0.25, 0.3) is 0 Å². The van der Waals surface area contributed by atoms with Gasteiger partial charge in [-0.25, -0.2) is 0 Å². The summed E-state index contributed by atoms with van der Waals surface area (Å²) in [7, 11) is -8.18. The highest BCUT2D eigenvalue weighted by Gasteiger charge is 2.48. The molecule has 0 saturated heterocycles. The van der Waals surface area contributed by atoms with E-state index in [-0.39, 0.29) is 73.8 Å². The van der Waals surface area contributed by atoms with Gasteiger partial charge in [-0.2, -0.15) is 0 Å². The lowest BCUT2D eigenvalue weighted by Crippen LogP contribution is -2.65. The van der Waals surface area contributed by atoms with Crippen LogP contribution in [-0.2, 0) is 36.5 Å². The monoisotopic (exact) mass is 720 g/mol. The number of aliphatic hydroxyl groups is 2. The van der Waals surface area contributed by atoms with Crippen LogP contribution in [0.4, 0.5) is 0 Å². The molecule has 0 fully saturated rings. The number of carbonyl (C=O) groups is 1. The third-order valence-corrected chi connectivity index (χ3v) is 9.54. The van der Waals surface area contributed by atoms with Crippen molar-refractivity contribution < 1.29 is 63.4 Å². The van der Waals surface area contributed by atoms with Gasteiger partial charge >= 0.3 is 15.2 Å². The summed E-state index contributed by atoms with van der Waals surface area (Å²) in [5, 5.41) is 43.1. The number of rotatable bonds is 25. The van der Waals surface area contributed by atoms with Crippen LogP contribution >= 0.6 is 15.2 Å². The van der Waals surface area contributed by atoms with Gasteiger partial charge in [-0.05, 0) is 25.0 Å². The molecule has 0 amide bonds. The highest BCUT2D eigenvalue weighted by Crippen LogP contribution is 2.44. The Morgan fingerprint density at radius 2 is 1.38 bits per heavy atom. The highest BCUT2D eigenvalue weighted by molar-refractivity contribution is 7.51. The molecule has 0 heterocycles. The normalized spacial score (nSPS) is 14.4. The van der Waals surface area contributed by atoms with Crippen LogP contribution in [0, 0.1) is 0 Å². The molecule has 8 N–H and O–H groups in total. The minimum Gasteiger partial charge on any atom is -0.508 e. The summed E-state index contributed by atoms with van der Waals surface area (Å²) in [5.74, 6) is -0.395. The van der Waals surface area contributed by atoms with Gasteiger partial charge in [0, 0.05) is 44.2 Å². The Labute approximate surface area is 281 Å². The second-order valence-electron chi connectivity index (χ2n) is 11.7. The van der Waals surface area contributed by atoms with E-state index < -0.39 is 52.6 Å². The van der Waals surface area contributed by atoms with Crippen LogP contribution in [0.2, 0.25) is 0 Å². The van der Waals surface area contributed by atoms with Crippen LogP contribution in [0.1, 0.15) is 49.7 Å². The van der Waals surface area contributed by atoms with Crippen LogP contribution in [0.15, 0.2) is 48.5 Å². The Morgan fingerprint density at radius 3 is 1.90 bits per heavy atom. The summed E-state index contributed by atoms with van der Waals surface area (Å²) in [6.45, 7) is -1.20. The molecule has 0 aliphatic carbocycles. The van der Waals surface area contributed by atoms with E-state index in [9.17, 15) is 53.9 Å². The van der Waals surface area contributed by atoms with E-state index in [4.69, 9.17) is 9.47 Å². The molecule has 0 saturated carbocycles. The SMILES string of the molecule is COCCOCCC(=O)CCCCCC(CO)(C(CO)N(Cc1ccccc1O)CP(=O)(O)O)N(Cc1ccccc1O)CP(=O)(O)O. The van der Waals surface area contributed by atoms with Gasteiger partial charge in [0.1, 0.15) is 29.9 Å². The molecular weight excluding hydrogens is 670 g/mol. The van der Waals surface area contributed by atoms with Crippen LogP contribution in [0.25, 0.3) is 0 Å². The van der Waals surface area contributed by atoms with Crippen LogP contribution < -0.4 is 0 Å². The van der Waals surface area contributed by atoms with Gasteiger partial charge in [0.05, 0.1) is 44.6 Å². The lowest BCUT2D eigenvalue weighted by Gasteiger charge is -2.51. The Kier molecular flexibility index (Phi) is 17.9. The van der Waals surface area contributed by atoms with E-state index >= 15 is 0 Å². The van der Waals surface area contributed by atoms with Crippen molar-refractivity contribution in [2.75, 3.05) is 52.7 Å². The van der Waals surface area contributed by atoms with Crippen molar-refractivity contribution >= 4 is 21.0 Å². The Bertz CT molecular complexity index is 1360. The van der Waals surface area contributed by atoms with Crippen LogP contribution in [0.5, 0.6) is 11.5 Å². The van der Waals surface area contributed by atoms with Crippen molar-refractivity contribution in [3.8, 4) is 11.5 Å². The zero-order chi connectivity index (χ0) is 35.8. The number of nitrogens with zero attached hydrogens (tertiary/aromatic N) is 2. The number of para-hydroxylation sites is 2. The average molecular weight is 721 g/mol. The van der Waals surface area contributed by atoms with Crippen molar-refractivity contribution in [2.24, 2.45) is 0 Å². The van der Waals surface area contributed by atoms with Crippen LogP contribution in [-0.4, -0.2) is 120 Å². The predicted octanol–water partition coefficient (Wildman–Crippen LogP) is 2.34. The highest BCUT2D eigenvalue weighted by atomic mass is 31.2. The van der Waals surface area contributed by atoms with Gasteiger partial charge in [-0.3, -0.25) is 23.7 Å². The molecule has 272 valence electrons. The third-order valence-electron chi connectivity index (χ3n) is 8.10. The second-order valence-corrected chi connectivity index (χ2v) is 15.0. The number of phenolic OH excluding ortho intramolecular Hbond substituents is 2. The van der Waals surface area contributed by atoms with E-state index in [2.05, 4.69) is 0 Å². The van der Waals surface area contributed by atoms with Gasteiger partial charge in [0.2, 0.25) is 0 Å². The number of hydrogen-bond acceptors (Lipinski definition) is 11. The first kappa shape index (κ1) is 41.9. The van der Waals surface area contributed by atoms with E-state index in [0.717, 1.165) is 0 Å². The number of ketones is 1. The number of unbranched alkanes of at least 4 members (excludes halogenated alkanes) is 2. The Morgan fingerprint density at radius 1 is 0.792 bits per heavy atom. The molecule has 0 aromatic heterocycles. The first-order valence-electron chi connectivity index (χ1n) is 15.6. The molecule has 0 bridgehead atoms. The topological polar surface area (TPSA) is 238 Å². The van der Waals surface area contributed by atoms with Crippen molar-refractivity contribution in [1.82, 2.24) is 9.80 Å². The zero-order valence-corrected chi connectivity index (χ0v) is 29.0. The second kappa shape index (κ2) is 20.4. The van der Waals surface area contributed by atoms with E-state index in [1.807, 2.05) is 0 Å². The standard InChI is InChI=1S/C31H50N2O13P2/c1-45-17-18-46-16-14-27(36)11-3-2-8-15-31(22-35,33(24-48(42,43)44)20-26-10-5-7-13-29(26)38)30(21-34)32(23-47(39,40)41)19-25-9-4-6-12-28(25)37/h4-7,9-10,12-13,30,34-35,37-38H,2-3,8,11,14-24H2,1H3,(H2,39,40,41)(H2,42,43,44). The van der Waals surface area contributed by atoms with Crippen molar-refractivity contribution in [3.63, 3.8) is 0 Å². The molecule has 2 aromatic rings. The lowest BCUT2D eigenvalue weighted by atomic mass is 9.82. The number of aromatic hydroxyl groups is 2. The van der Waals surface area contributed by atoms with Gasteiger partial charge < -0.3 is 49.5 Å². The molecule has 48 heavy (non-hydrogen) atoms. The summed E-state index contributed by atoms with van der Waals surface area (Å²) in [5.41, 5.74) is -1.25. The summed E-state index contributed by atoms with van der Waals surface area (Å²) >= 11 is 0. The molecule has 2 rings (SSSR count). The molecule has 2 aromatic carbocycles. The average Bonchev–Trinajstić information content (AvgIpc) is 3.00. The number of hydrogen-bond donors (Lipinski definition) is 8. The molecule has 0 aliphatic rings. The Hall–Kier alpha value is -2.23. The number of carbonyl (C=O) groups excluding carboxylic acids is 1. The van der Waals surface area contributed by atoms with Gasteiger partial charge in [-0.15, -0.1) is 0 Å². The van der Waals surface area contributed by atoms with Gasteiger partial charge in [0.15, 0.2) is 0 Å². The maximum atomic E-state index is 12.5. The lowest BCUT2D eigenvalue weighted by molar-refractivity contribution is -0.120. The van der Waals surface area contributed by atoms with Crippen molar-refractivity contribution in [3.05, 3.63) is 59.7 Å². The molecule has 2 atom stereocenters. The summed E-state index contributed by atoms with van der Waals surface area (Å²) in [6, 6.07) is 10.8. The minimum atomic E-state index is -4.88. The number of methoxy groups -OCH3 is 1. The number of ether oxygens (including phenoxy) is 2. The summed E-state index contributed by atoms with van der Waals surface area (Å²) < 4.78 is 35.2. The fourth-order valence-electron chi connectivity index (χ4n) is 5.71. The maximum Gasteiger partial charge on any atom is 0.339 e. The third kappa shape index (κ3) is 14.3. The molecule has 0 spiro atoms. The summed E-state index contributed by atoms with van der Waals surface area (Å²) in [4.78, 5) is 55.3.